The molecule has 130 valence electrons. The minimum atomic E-state index is -1.06. The predicted molar refractivity (Wildman–Crippen MR) is 92.6 cm³/mol. The molecule has 10 heteroatoms. The molecule has 3 aromatic heterocycles. The van der Waals surface area contributed by atoms with E-state index in [1.807, 2.05) is 6.07 Å². The molecule has 9 nitrogen and oxygen atoms in total. The van der Waals surface area contributed by atoms with Crippen LogP contribution in [0.5, 0.6) is 0 Å². The molecule has 0 aromatic carbocycles. The molecule has 0 unspecified atom stereocenters. The van der Waals surface area contributed by atoms with Gasteiger partial charge in [0.2, 0.25) is 0 Å². The largest absolute Gasteiger partial charge is 0.478 e. The molecule has 0 fully saturated rings. The molecule has 0 amide bonds. The smallest absolute Gasteiger partial charge is 0.356 e. The van der Waals surface area contributed by atoms with Gasteiger partial charge in [-0.05, 0) is 12.1 Å². The van der Waals surface area contributed by atoms with Crippen molar-refractivity contribution in [3.05, 3.63) is 40.5 Å². The van der Waals surface area contributed by atoms with E-state index >= 15 is 0 Å². The van der Waals surface area contributed by atoms with Crippen LogP contribution in [-0.4, -0.2) is 39.3 Å². The number of aromatic nitrogens is 3. The number of aromatic carboxylic acids is 1. The van der Waals surface area contributed by atoms with E-state index in [1.54, 1.807) is 6.07 Å². The first-order valence-electron chi connectivity index (χ1n) is 7.11. The van der Waals surface area contributed by atoms with E-state index in [0.717, 1.165) is 0 Å². The van der Waals surface area contributed by atoms with Gasteiger partial charge in [-0.3, -0.25) is 5.10 Å². The molecule has 0 radical (unpaired) electrons. The number of esters is 1. The Morgan fingerprint density at radius 1 is 1.38 bits per heavy atom. The van der Waals surface area contributed by atoms with Gasteiger partial charge in [-0.1, -0.05) is 0 Å². The number of carbonyl (C=O) groups excluding carboxylic acids is 1. The lowest BCUT2D eigenvalue weighted by Crippen LogP contribution is -2.05. The number of methoxy groups -OCH3 is 1. The maximum atomic E-state index is 11.9. The number of nitriles is 1. The summed E-state index contributed by atoms with van der Waals surface area (Å²) in [4.78, 5) is 27.7. The number of carbonyl (C=O) groups is 2. The van der Waals surface area contributed by atoms with Gasteiger partial charge in [-0.2, -0.15) is 10.4 Å². The molecule has 0 aliphatic carbocycles. The van der Waals surface area contributed by atoms with Gasteiger partial charge in [-0.25, -0.2) is 14.6 Å². The summed E-state index contributed by atoms with van der Waals surface area (Å²) in [5, 5.41) is 26.3. The van der Waals surface area contributed by atoms with E-state index in [-0.39, 0.29) is 22.6 Å². The molecule has 4 N–H and O–H groups in total. The highest BCUT2D eigenvalue weighted by atomic mass is 32.1. The van der Waals surface area contributed by atoms with Crippen molar-refractivity contribution in [1.82, 2.24) is 15.2 Å². The number of carboxylic acids is 1. The zero-order valence-electron chi connectivity index (χ0n) is 13.3. The molecule has 3 aromatic rings. The van der Waals surface area contributed by atoms with Gasteiger partial charge in [0.25, 0.3) is 0 Å². The van der Waals surface area contributed by atoms with E-state index in [2.05, 4.69) is 15.2 Å². The number of pyridine rings is 1. The van der Waals surface area contributed by atoms with Crippen LogP contribution in [0, 0.1) is 11.3 Å². The van der Waals surface area contributed by atoms with Gasteiger partial charge >= 0.3 is 11.9 Å². The highest BCUT2D eigenvalue weighted by Gasteiger charge is 2.22. The summed E-state index contributed by atoms with van der Waals surface area (Å²) in [7, 11) is 1.23. The average Bonchev–Trinajstić information content (AvgIpc) is 3.29. The fourth-order valence-corrected chi connectivity index (χ4v) is 3.19. The number of thiophene rings is 1. The van der Waals surface area contributed by atoms with Crippen LogP contribution < -0.4 is 5.73 Å². The monoisotopic (exact) mass is 369 g/mol. The third kappa shape index (κ3) is 2.87. The van der Waals surface area contributed by atoms with Crippen LogP contribution >= 0.6 is 11.3 Å². The third-order valence-electron chi connectivity index (χ3n) is 3.58. The number of aromatic amines is 1. The van der Waals surface area contributed by atoms with Crippen molar-refractivity contribution < 1.29 is 19.4 Å². The zero-order chi connectivity index (χ0) is 18.8. The lowest BCUT2D eigenvalue weighted by Gasteiger charge is -2.09. The highest BCUT2D eigenvalue weighted by molar-refractivity contribution is 7.13. The van der Waals surface area contributed by atoms with E-state index in [9.17, 15) is 14.9 Å². The quantitative estimate of drug-likeness (QED) is 0.591. The standard InChI is InChI=1S/C16H11N5O4S/c1-25-16(24)13-10(5-19-21-13)8-3-11(20-14(18)9(8)4-17)12-2-7(6-26-12)15(22)23/h2-3,5-6H,1H3,(H2,18,20)(H,19,21)(H,22,23). The number of carboxylic acid groups (broad SMARTS) is 1. The van der Waals surface area contributed by atoms with Crippen LogP contribution in [0.15, 0.2) is 23.7 Å². The maximum Gasteiger partial charge on any atom is 0.356 e. The van der Waals surface area contributed by atoms with Crippen molar-refractivity contribution in [2.45, 2.75) is 0 Å². The number of anilines is 1. The normalized spacial score (nSPS) is 10.3. The molecule has 0 spiro atoms. The molecule has 3 rings (SSSR count). The van der Waals surface area contributed by atoms with Gasteiger partial charge in [0, 0.05) is 16.5 Å². The number of H-pyrrole nitrogens is 1. The Hall–Kier alpha value is -3.71. The second kappa shape index (κ2) is 6.66. The summed E-state index contributed by atoms with van der Waals surface area (Å²) >= 11 is 1.18. The summed E-state index contributed by atoms with van der Waals surface area (Å²) in [6.45, 7) is 0. The SMILES string of the molecule is COC(=O)c1[nH]ncc1-c1cc(-c2cc(C(=O)O)cs2)nc(N)c1C#N. The first-order valence-corrected chi connectivity index (χ1v) is 7.99. The van der Waals surface area contributed by atoms with Crippen LogP contribution in [0.4, 0.5) is 5.82 Å². The Bertz CT molecular complexity index is 1060. The Kier molecular flexibility index (Phi) is 4.38. The second-order valence-corrected chi connectivity index (χ2v) is 5.99. The highest BCUT2D eigenvalue weighted by Crippen LogP contribution is 2.34. The topological polar surface area (TPSA) is 155 Å². The van der Waals surface area contributed by atoms with Gasteiger partial charge in [0.15, 0.2) is 5.69 Å². The van der Waals surface area contributed by atoms with Crippen molar-refractivity contribution in [1.29, 1.82) is 5.26 Å². The van der Waals surface area contributed by atoms with Gasteiger partial charge in [0.1, 0.15) is 17.5 Å². The predicted octanol–water partition coefficient (Wildman–Crippen LogP) is 2.14. The molecule has 0 aliphatic rings. The number of nitrogen functional groups attached to an aromatic ring is 1. The number of hydrogen-bond acceptors (Lipinski definition) is 8. The molecule has 0 aliphatic heterocycles. The first kappa shape index (κ1) is 17.1. The van der Waals surface area contributed by atoms with Crippen LogP contribution in [0.25, 0.3) is 21.7 Å². The average molecular weight is 369 g/mol. The number of hydrogen-bond donors (Lipinski definition) is 3. The lowest BCUT2D eigenvalue weighted by atomic mass is 10.00. The molecular formula is C16H11N5O4S. The Labute approximate surface area is 150 Å². The summed E-state index contributed by atoms with van der Waals surface area (Å²) in [5.74, 6) is -1.75. The summed E-state index contributed by atoms with van der Waals surface area (Å²) in [5.41, 5.74) is 7.23. The minimum absolute atomic E-state index is 0.0395. The molecule has 0 bridgehead atoms. The Morgan fingerprint density at radius 3 is 2.77 bits per heavy atom. The van der Waals surface area contributed by atoms with E-state index in [0.29, 0.717) is 21.7 Å². The van der Waals surface area contributed by atoms with Crippen molar-refractivity contribution in [3.8, 4) is 27.8 Å². The molecule has 0 saturated carbocycles. The molecular weight excluding hydrogens is 358 g/mol. The fourth-order valence-electron chi connectivity index (χ4n) is 2.35. The number of rotatable bonds is 4. The van der Waals surface area contributed by atoms with Crippen LogP contribution in [0.2, 0.25) is 0 Å². The summed E-state index contributed by atoms with van der Waals surface area (Å²) in [6.07, 6.45) is 1.38. The van der Waals surface area contributed by atoms with Crippen molar-refractivity contribution in [2.75, 3.05) is 12.8 Å². The van der Waals surface area contributed by atoms with Crippen LogP contribution in [0.3, 0.4) is 0 Å². The Morgan fingerprint density at radius 2 is 2.15 bits per heavy atom. The maximum absolute atomic E-state index is 11.9. The zero-order valence-corrected chi connectivity index (χ0v) is 14.1. The number of nitrogens with zero attached hydrogens (tertiary/aromatic N) is 3. The summed E-state index contributed by atoms with van der Waals surface area (Å²) in [6, 6.07) is 4.99. The van der Waals surface area contributed by atoms with Crippen molar-refractivity contribution >= 4 is 29.1 Å². The van der Waals surface area contributed by atoms with Crippen LogP contribution in [-0.2, 0) is 4.74 Å². The van der Waals surface area contributed by atoms with Gasteiger partial charge in [-0.15, -0.1) is 11.3 Å². The van der Waals surface area contributed by atoms with Gasteiger partial charge < -0.3 is 15.6 Å². The van der Waals surface area contributed by atoms with Crippen LogP contribution in [0.1, 0.15) is 26.4 Å². The Balaban J connectivity index is 2.21. The third-order valence-corrected chi connectivity index (χ3v) is 4.53. The van der Waals surface area contributed by atoms with E-state index < -0.39 is 11.9 Å². The van der Waals surface area contributed by atoms with E-state index in [4.69, 9.17) is 15.6 Å². The molecule has 3 heterocycles. The molecule has 26 heavy (non-hydrogen) atoms. The molecule has 0 atom stereocenters. The number of ether oxygens (including phenoxy) is 1. The lowest BCUT2D eigenvalue weighted by molar-refractivity contribution is 0.0594. The molecule has 0 saturated heterocycles. The minimum Gasteiger partial charge on any atom is -0.478 e. The van der Waals surface area contributed by atoms with Crippen molar-refractivity contribution in [2.24, 2.45) is 0 Å². The van der Waals surface area contributed by atoms with Crippen molar-refractivity contribution in [3.63, 3.8) is 0 Å². The van der Waals surface area contributed by atoms with Gasteiger partial charge in [0.05, 0.1) is 29.4 Å². The fraction of sp³-hybridized carbons (Fsp3) is 0.0625. The first-order chi connectivity index (χ1) is 12.5. The summed E-state index contributed by atoms with van der Waals surface area (Å²) < 4.78 is 4.70. The second-order valence-electron chi connectivity index (χ2n) is 5.08. The number of nitrogens with one attached hydrogen (secondary N) is 1. The van der Waals surface area contributed by atoms with E-state index in [1.165, 1.54) is 36.1 Å². The number of nitrogens with two attached hydrogens (primary N) is 1.